The molecule has 0 aromatic heterocycles. The average Bonchev–Trinajstić information content (AvgIpc) is 2.85. The van der Waals surface area contributed by atoms with Crippen molar-refractivity contribution in [3.8, 4) is 0 Å². The number of ether oxygens (including phenoxy) is 1. The Kier molecular flexibility index (Phi) is 4.10. The Morgan fingerprint density at radius 2 is 1.96 bits per heavy atom. The number of carbonyl (C=O) groups is 2. The molecular formula is C18H21F2N3O3. The molecule has 0 aliphatic carbocycles. The van der Waals surface area contributed by atoms with Gasteiger partial charge in [0.2, 0.25) is 0 Å². The topological polar surface area (TPSA) is 61.9 Å². The van der Waals surface area contributed by atoms with Crippen LogP contribution in [0.1, 0.15) is 19.8 Å². The van der Waals surface area contributed by atoms with E-state index in [4.69, 9.17) is 4.74 Å². The molecule has 3 aliphatic heterocycles. The average molecular weight is 365 g/mol. The Labute approximate surface area is 150 Å². The zero-order chi connectivity index (χ0) is 18.5. The summed E-state index contributed by atoms with van der Waals surface area (Å²) in [6.07, 6.45) is -0.379. The van der Waals surface area contributed by atoms with Crippen molar-refractivity contribution in [3.05, 3.63) is 23.8 Å². The van der Waals surface area contributed by atoms with E-state index in [2.05, 4.69) is 5.32 Å². The van der Waals surface area contributed by atoms with E-state index in [-0.39, 0.29) is 29.1 Å². The van der Waals surface area contributed by atoms with Gasteiger partial charge in [-0.25, -0.2) is 13.6 Å². The summed E-state index contributed by atoms with van der Waals surface area (Å²) in [5, 5.41) is 3.18. The van der Waals surface area contributed by atoms with Crippen LogP contribution in [0, 0.1) is 17.0 Å². The van der Waals surface area contributed by atoms with Crippen LogP contribution < -0.4 is 15.1 Å². The monoisotopic (exact) mass is 365 g/mol. The summed E-state index contributed by atoms with van der Waals surface area (Å²) in [6, 6.07) is 2.36. The second-order valence-corrected chi connectivity index (χ2v) is 7.57. The number of rotatable bonds is 5. The molecule has 0 saturated carbocycles. The molecule has 1 amide bonds. The molecule has 140 valence electrons. The van der Waals surface area contributed by atoms with Crippen molar-refractivity contribution in [1.82, 2.24) is 5.32 Å². The SMILES string of the molecule is CC(=O)CC[C@H]1CN(c2cc(F)c(N3CC4(CNC4)C3)c(F)c2)C(=O)O1. The lowest BCUT2D eigenvalue weighted by atomic mass is 9.74. The van der Waals surface area contributed by atoms with Gasteiger partial charge in [-0.1, -0.05) is 0 Å². The fourth-order valence-corrected chi connectivity index (χ4v) is 3.88. The quantitative estimate of drug-likeness (QED) is 0.866. The van der Waals surface area contributed by atoms with Gasteiger partial charge < -0.3 is 19.7 Å². The second-order valence-electron chi connectivity index (χ2n) is 7.57. The minimum atomic E-state index is -0.679. The number of ketones is 1. The van der Waals surface area contributed by atoms with Gasteiger partial charge in [-0.2, -0.15) is 0 Å². The maximum absolute atomic E-state index is 14.6. The van der Waals surface area contributed by atoms with Crippen molar-refractivity contribution in [1.29, 1.82) is 0 Å². The number of Topliss-reactive ketones (excluding diaryl/α,β-unsaturated/α-hetero) is 1. The lowest BCUT2D eigenvalue weighted by Gasteiger charge is -2.57. The Morgan fingerprint density at radius 1 is 1.31 bits per heavy atom. The molecule has 26 heavy (non-hydrogen) atoms. The van der Waals surface area contributed by atoms with Gasteiger partial charge >= 0.3 is 6.09 Å². The molecule has 4 rings (SSSR count). The third-order valence-corrected chi connectivity index (χ3v) is 5.37. The predicted octanol–water partition coefficient (Wildman–Crippen LogP) is 2.07. The Morgan fingerprint density at radius 3 is 2.50 bits per heavy atom. The van der Waals surface area contributed by atoms with E-state index in [9.17, 15) is 18.4 Å². The lowest BCUT2D eigenvalue weighted by Crippen LogP contribution is -2.71. The molecule has 3 heterocycles. The van der Waals surface area contributed by atoms with Gasteiger partial charge in [-0.3, -0.25) is 4.90 Å². The molecule has 1 atom stereocenters. The summed E-state index contributed by atoms with van der Waals surface area (Å²) in [4.78, 5) is 26.0. The highest BCUT2D eigenvalue weighted by molar-refractivity contribution is 5.90. The highest BCUT2D eigenvalue weighted by atomic mass is 19.1. The number of nitrogens with zero attached hydrogens (tertiary/aromatic N) is 2. The zero-order valence-corrected chi connectivity index (χ0v) is 14.6. The normalized spacial score (nSPS) is 23.7. The first-order valence-corrected chi connectivity index (χ1v) is 8.79. The molecule has 3 aliphatic rings. The van der Waals surface area contributed by atoms with Crippen LogP contribution >= 0.6 is 0 Å². The standard InChI is InChI=1S/C18H21F2N3O3/c1-11(24)2-3-13-6-23(17(25)26-13)12-4-14(19)16(15(20)5-12)22-9-18(10-22)7-21-8-18/h4-5,13,21H,2-3,6-10H2,1H3/t13-/m0/s1. The molecule has 1 aromatic rings. The van der Waals surface area contributed by atoms with Gasteiger partial charge in [0, 0.05) is 50.1 Å². The van der Waals surface area contributed by atoms with Crippen LogP contribution in [-0.4, -0.2) is 50.7 Å². The lowest BCUT2D eigenvalue weighted by molar-refractivity contribution is -0.117. The first kappa shape index (κ1) is 17.2. The molecule has 6 nitrogen and oxygen atoms in total. The molecular weight excluding hydrogens is 344 g/mol. The minimum absolute atomic E-state index is 0.00919. The van der Waals surface area contributed by atoms with E-state index < -0.39 is 23.8 Å². The molecule has 3 saturated heterocycles. The minimum Gasteiger partial charge on any atom is -0.444 e. The van der Waals surface area contributed by atoms with Crippen LogP contribution in [0.25, 0.3) is 0 Å². The van der Waals surface area contributed by atoms with Crippen LogP contribution in [-0.2, 0) is 9.53 Å². The summed E-state index contributed by atoms with van der Waals surface area (Å²) in [6.45, 7) is 4.68. The second kappa shape index (κ2) is 6.19. The summed E-state index contributed by atoms with van der Waals surface area (Å²) in [7, 11) is 0. The molecule has 1 N–H and O–H groups in total. The zero-order valence-electron chi connectivity index (χ0n) is 14.6. The molecule has 1 aromatic carbocycles. The van der Waals surface area contributed by atoms with E-state index >= 15 is 0 Å². The van der Waals surface area contributed by atoms with Crippen molar-refractivity contribution in [3.63, 3.8) is 0 Å². The van der Waals surface area contributed by atoms with Gasteiger partial charge in [0.1, 0.15) is 17.6 Å². The number of amides is 1. The maximum atomic E-state index is 14.6. The van der Waals surface area contributed by atoms with E-state index in [1.807, 2.05) is 0 Å². The van der Waals surface area contributed by atoms with Crippen molar-refractivity contribution in [2.24, 2.45) is 5.41 Å². The number of anilines is 2. The van der Waals surface area contributed by atoms with Gasteiger partial charge in [0.05, 0.1) is 12.2 Å². The third kappa shape index (κ3) is 2.92. The van der Waals surface area contributed by atoms with E-state index in [0.29, 0.717) is 25.9 Å². The third-order valence-electron chi connectivity index (χ3n) is 5.37. The van der Waals surface area contributed by atoms with Gasteiger partial charge in [-0.05, 0) is 13.3 Å². The van der Waals surface area contributed by atoms with Crippen LogP contribution in [0.4, 0.5) is 25.0 Å². The van der Waals surface area contributed by atoms with E-state index in [1.165, 1.54) is 24.0 Å². The molecule has 1 spiro atoms. The summed E-state index contributed by atoms with van der Waals surface area (Å²) < 4.78 is 34.3. The van der Waals surface area contributed by atoms with Crippen molar-refractivity contribution < 1.29 is 23.1 Å². The summed E-state index contributed by atoms with van der Waals surface area (Å²) >= 11 is 0. The molecule has 0 radical (unpaired) electrons. The smallest absolute Gasteiger partial charge is 0.414 e. The maximum Gasteiger partial charge on any atom is 0.414 e. The number of halogens is 2. The molecule has 8 heteroatoms. The number of carbonyl (C=O) groups excluding carboxylic acids is 2. The Bertz CT molecular complexity index is 735. The predicted molar refractivity (Wildman–Crippen MR) is 91.4 cm³/mol. The Hall–Kier alpha value is -2.22. The number of nitrogens with one attached hydrogen (secondary N) is 1. The first-order chi connectivity index (χ1) is 12.4. The molecule has 0 bridgehead atoms. The van der Waals surface area contributed by atoms with Crippen molar-refractivity contribution >= 4 is 23.3 Å². The van der Waals surface area contributed by atoms with Crippen LogP contribution in [0.3, 0.4) is 0 Å². The van der Waals surface area contributed by atoms with Crippen molar-refractivity contribution in [2.45, 2.75) is 25.9 Å². The first-order valence-electron chi connectivity index (χ1n) is 8.79. The van der Waals surface area contributed by atoms with Crippen LogP contribution in [0.2, 0.25) is 0 Å². The van der Waals surface area contributed by atoms with Crippen LogP contribution in [0.5, 0.6) is 0 Å². The highest BCUT2D eigenvalue weighted by Gasteiger charge is 2.48. The van der Waals surface area contributed by atoms with E-state index in [0.717, 1.165) is 13.1 Å². The number of hydrogen-bond acceptors (Lipinski definition) is 5. The fraction of sp³-hybridized carbons (Fsp3) is 0.556. The van der Waals surface area contributed by atoms with Gasteiger partial charge in [0.15, 0.2) is 11.6 Å². The summed E-state index contributed by atoms with van der Waals surface area (Å²) in [5.74, 6) is -1.35. The largest absolute Gasteiger partial charge is 0.444 e. The van der Waals surface area contributed by atoms with Gasteiger partial charge in [-0.15, -0.1) is 0 Å². The highest BCUT2D eigenvalue weighted by Crippen LogP contribution is 2.40. The van der Waals surface area contributed by atoms with E-state index in [1.54, 1.807) is 4.90 Å². The van der Waals surface area contributed by atoms with Crippen molar-refractivity contribution in [2.75, 3.05) is 42.5 Å². The number of cyclic esters (lactones) is 1. The Balaban J connectivity index is 1.48. The fourth-order valence-electron chi connectivity index (χ4n) is 3.88. The number of benzene rings is 1. The molecule has 0 unspecified atom stereocenters. The molecule has 3 fully saturated rings. The van der Waals surface area contributed by atoms with Gasteiger partial charge in [0.25, 0.3) is 0 Å². The summed E-state index contributed by atoms with van der Waals surface area (Å²) in [5.41, 5.74) is 0.256. The van der Waals surface area contributed by atoms with Crippen LogP contribution in [0.15, 0.2) is 12.1 Å². The number of hydrogen-bond donors (Lipinski definition) is 1.